The fraction of sp³-hybridized carbons (Fsp3) is 0.211. The van der Waals surface area contributed by atoms with Crippen molar-refractivity contribution in [1.82, 2.24) is 10.1 Å². The van der Waals surface area contributed by atoms with Gasteiger partial charge in [-0.15, -0.1) is 0 Å². The average molecular weight is 400 g/mol. The van der Waals surface area contributed by atoms with Crippen LogP contribution in [0.25, 0.3) is 11.5 Å². The van der Waals surface area contributed by atoms with Crippen LogP contribution in [0.1, 0.15) is 41.5 Å². The van der Waals surface area contributed by atoms with Gasteiger partial charge in [0.25, 0.3) is 11.8 Å². The highest BCUT2D eigenvalue weighted by molar-refractivity contribution is 9.10. The van der Waals surface area contributed by atoms with Gasteiger partial charge in [-0.2, -0.15) is 4.98 Å². The molecule has 2 aromatic carbocycles. The minimum Gasteiger partial charge on any atom is -0.334 e. The molecule has 1 amide bonds. The van der Waals surface area contributed by atoms with Gasteiger partial charge < -0.3 is 9.84 Å². The first-order chi connectivity index (χ1) is 12.0. The normalized spacial score (nSPS) is 10.9. The lowest BCUT2D eigenvalue weighted by Crippen LogP contribution is -2.13. The van der Waals surface area contributed by atoms with Crippen LogP contribution in [-0.2, 0) is 0 Å². The molecule has 0 unspecified atom stereocenters. The highest BCUT2D eigenvalue weighted by Gasteiger charge is 2.18. The lowest BCUT2D eigenvalue weighted by Gasteiger charge is -2.12. The molecule has 1 aromatic heterocycles. The number of anilines is 1. The molecule has 0 spiro atoms. The molecule has 3 rings (SSSR count). The Bertz CT molecular complexity index is 901. The van der Waals surface area contributed by atoms with Gasteiger partial charge >= 0.3 is 0 Å². The van der Waals surface area contributed by atoms with Gasteiger partial charge in [0, 0.05) is 16.0 Å². The summed E-state index contributed by atoms with van der Waals surface area (Å²) < 4.78 is 6.32. The zero-order valence-corrected chi connectivity index (χ0v) is 15.8. The number of nitrogens with one attached hydrogen (secondary N) is 1. The standard InChI is InChI=1S/C19H18BrN3O2/c1-11(2)17-22-19(25-23-17)15-6-4-5-12(3)16(15)21-18(24)13-7-9-14(20)10-8-13/h4-11H,1-3H3,(H,21,24). The third-order valence-electron chi connectivity index (χ3n) is 3.81. The molecule has 0 aliphatic rings. The summed E-state index contributed by atoms with van der Waals surface area (Å²) in [6.07, 6.45) is 0. The van der Waals surface area contributed by atoms with Crippen molar-refractivity contribution in [2.24, 2.45) is 0 Å². The quantitative estimate of drug-likeness (QED) is 0.655. The van der Waals surface area contributed by atoms with Crippen LogP contribution in [0.5, 0.6) is 0 Å². The number of rotatable bonds is 4. The van der Waals surface area contributed by atoms with E-state index in [-0.39, 0.29) is 11.8 Å². The van der Waals surface area contributed by atoms with E-state index in [1.807, 2.05) is 51.1 Å². The van der Waals surface area contributed by atoms with E-state index in [2.05, 4.69) is 31.4 Å². The Hall–Kier alpha value is -2.47. The van der Waals surface area contributed by atoms with Gasteiger partial charge in [-0.1, -0.05) is 47.1 Å². The predicted molar refractivity (Wildman–Crippen MR) is 101 cm³/mol. The second-order valence-corrected chi connectivity index (χ2v) is 6.99. The number of carbonyl (C=O) groups excluding carboxylic acids is 1. The second-order valence-electron chi connectivity index (χ2n) is 6.07. The first kappa shape index (κ1) is 17.4. The summed E-state index contributed by atoms with van der Waals surface area (Å²) in [5.41, 5.74) is 2.89. The number of carbonyl (C=O) groups is 1. The lowest BCUT2D eigenvalue weighted by molar-refractivity contribution is 0.102. The van der Waals surface area contributed by atoms with Gasteiger partial charge in [0.15, 0.2) is 5.82 Å². The van der Waals surface area contributed by atoms with Crippen LogP contribution in [-0.4, -0.2) is 16.0 Å². The summed E-state index contributed by atoms with van der Waals surface area (Å²) in [6, 6.07) is 12.9. The molecule has 1 N–H and O–H groups in total. The molecule has 0 aliphatic heterocycles. The number of para-hydroxylation sites is 1. The van der Waals surface area contributed by atoms with Crippen LogP contribution in [0, 0.1) is 6.92 Å². The Morgan fingerprint density at radius 2 is 1.88 bits per heavy atom. The number of amides is 1. The van der Waals surface area contributed by atoms with Crippen LogP contribution < -0.4 is 5.32 Å². The highest BCUT2D eigenvalue weighted by Crippen LogP contribution is 2.31. The van der Waals surface area contributed by atoms with Crippen LogP contribution in [0.3, 0.4) is 0 Å². The van der Waals surface area contributed by atoms with Crippen LogP contribution in [0.15, 0.2) is 51.5 Å². The lowest BCUT2D eigenvalue weighted by atomic mass is 10.1. The maximum Gasteiger partial charge on any atom is 0.260 e. The van der Waals surface area contributed by atoms with E-state index >= 15 is 0 Å². The fourth-order valence-corrected chi connectivity index (χ4v) is 2.64. The smallest absolute Gasteiger partial charge is 0.260 e. The van der Waals surface area contributed by atoms with E-state index in [1.54, 1.807) is 12.1 Å². The van der Waals surface area contributed by atoms with Gasteiger partial charge in [0.1, 0.15) is 0 Å². The van der Waals surface area contributed by atoms with E-state index in [1.165, 1.54) is 0 Å². The average Bonchev–Trinajstić information content (AvgIpc) is 3.07. The Kier molecular flexibility index (Phi) is 4.99. The van der Waals surface area contributed by atoms with Gasteiger partial charge in [-0.25, -0.2) is 0 Å². The van der Waals surface area contributed by atoms with Crippen LogP contribution in [0.4, 0.5) is 5.69 Å². The number of halogens is 1. The van der Waals surface area contributed by atoms with Crippen molar-refractivity contribution in [2.75, 3.05) is 5.32 Å². The summed E-state index contributed by atoms with van der Waals surface area (Å²) in [7, 11) is 0. The SMILES string of the molecule is Cc1cccc(-c2nc(C(C)C)no2)c1NC(=O)c1ccc(Br)cc1. The van der Waals surface area contributed by atoms with Gasteiger partial charge in [0.2, 0.25) is 0 Å². The molecule has 128 valence electrons. The molecule has 0 saturated heterocycles. The summed E-state index contributed by atoms with van der Waals surface area (Å²) >= 11 is 3.37. The summed E-state index contributed by atoms with van der Waals surface area (Å²) in [5.74, 6) is 1.02. The van der Waals surface area contributed by atoms with Crippen molar-refractivity contribution in [2.45, 2.75) is 26.7 Å². The molecule has 1 heterocycles. The van der Waals surface area contributed by atoms with Gasteiger partial charge in [-0.3, -0.25) is 4.79 Å². The molecule has 0 bridgehead atoms. The summed E-state index contributed by atoms with van der Waals surface area (Å²) in [6.45, 7) is 5.93. The molecule has 6 heteroatoms. The van der Waals surface area contributed by atoms with E-state index in [9.17, 15) is 4.79 Å². The highest BCUT2D eigenvalue weighted by atomic mass is 79.9. The van der Waals surface area contributed by atoms with Crippen LogP contribution >= 0.6 is 15.9 Å². The summed E-state index contributed by atoms with van der Waals surface area (Å²) in [5, 5.41) is 6.98. The number of aromatic nitrogens is 2. The predicted octanol–water partition coefficient (Wildman–Crippen LogP) is 5.18. The van der Waals surface area contributed by atoms with Gasteiger partial charge in [-0.05, 0) is 42.8 Å². The molecule has 5 nitrogen and oxygen atoms in total. The van der Waals surface area contributed by atoms with Crippen molar-refractivity contribution in [1.29, 1.82) is 0 Å². The number of hydrogen-bond donors (Lipinski definition) is 1. The minimum atomic E-state index is -0.188. The molecule has 25 heavy (non-hydrogen) atoms. The number of nitrogens with zero attached hydrogens (tertiary/aromatic N) is 2. The van der Waals surface area contributed by atoms with E-state index in [0.29, 0.717) is 28.5 Å². The zero-order chi connectivity index (χ0) is 18.0. The molecule has 0 saturated carbocycles. The van der Waals surface area contributed by atoms with Crippen molar-refractivity contribution in [3.05, 3.63) is 63.9 Å². The number of aryl methyl sites for hydroxylation is 1. The number of hydrogen-bond acceptors (Lipinski definition) is 4. The topological polar surface area (TPSA) is 68.0 Å². The Morgan fingerprint density at radius 3 is 2.52 bits per heavy atom. The third kappa shape index (κ3) is 3.79. The summed E-state index contributed by atoms with van der Waals surface area (Å²) in [4.78, 5) is 17.0. The van der Waals surface area contributed by atoms with E-state index in [4.69, 9.17) is 4.52 Å². The van der Waals surface area contributed by atoms with Crippen molar-refractivity contribution < 1.29 is 9.32 Å². The Morgan fingerprint density at radius 1 is 1.16 bits per heavy atom. The Labute approximate surface area is 154 Å². The first-order valence-corrected chi connectivity index (χ1v) is 8.75. The Balaban J connectivity index is 1.95. The van der Waals surface area contributed by atoms with Crippen LogP contribution in [0.2, 0.25) is 0 Å². The molecule has 0 aliphatic carbocycles. The van der Waals surface area contributed by atoms with Crippen molar-refractivity contribution in [3.63, 3.8) is 0 Å². The fourth-order valence-electron chi connectivity index (χ4n) is 2.38. The van der Waals surface area contributed by atoms with Gasteiger partial charge in [0.05, 0.1) is 11.3 Å². The van der Waals surface area contributed by atoms with Crippen molar-refractivity contribution in [3.8, 4) is 11.5 Å². The molecular formula is C19H18BrN3O2. The maximum absolute atomic E-state index is 12.6. The number of benzene rings is 2. The molecule has 0 radical (unpaired) electrons. The molecular weight excluding hydrogens is 382 g/mol. The van der Waals surface area contributed by atoms with Crippen molar-refractivity contribution >= 4 is 27.5 Å². The minimum absolute atomic E-state index is 0.170. The molecule has 0 atom stereocenters. The molecule has 0 fully saturated rings. The largest absolute Gasteiger partial charge is 0.334 e. The maximum atomic E-state index is 12.6. The monoisotopic (exact) mass is 399 g/mol. The molecule has 3 aromatic rings. The zero-order valence-electron chi connectivity index (χ0n) is 14.2. The van der Waals surface area contributed by atoms with E-state index in [0.717, 1.165) is 10.0 Å². The third-order valence-corrected chi connectivity index (χ3v) is 4.33. The first-order valence-electron chi connectivity index (χ1n) is 7.96. The second kappa shape index (κ2) is 7.19. The van der Waals surface area contributed by atoms with E-state index < -0.39 is 0 Å².